The lowest BCUT2D eigenvalue weighted by Crippen LogP contribution is -2.37. The highest BCUT2D eigenvalue weighted by Gasteiger charge is 2.60. The van der Waals surface area contributed by atoms with E-state index < -0.39 is 18.1 Å². The molecule has 2 amide bonds. The van der Waals surface area contributed by atoms with Crippen LogP contribution >= 0.6 is 0 Å². The second-order valence-electron chi connectivity index (χ2n) is 7.24. The van der Waals surface area contributed by atoms with Crippen molar-refractivity contribution in [3.8, 4) is 6.07 Å². The second-order valence-corrected chi connectivity index (χ2v) is 7.24. The Morgan fingerprint density at radius 2 is 1.37 bits per heavy atom. The standard InChI is InChI=1S/C24H17N3O3/c25-15-16-11-13-17(14-12-16)21-20-22(30-27(21)19-9-5-2-6-10-19)24(29)26(23(20)28)18-7-3-1-4-8-18/h1-14,20-22H/t20-,21-,22-/m1/s1. The van der Waals surface area contributed by atoms with E-state index in [0.29, 0.717) is 11.3 Å². The van der Waals surface area contributed by atoms with Gasteiger partial charge in [0.05, 0.1) is 29.0 Å². The molecule has 146 valence electrons. The number of amides is 2. The molecule has 5 rings (SSSR count). The van der Waals surface area contributed by atoms with Crippen LogP contribution in [0.15, 0.2) is 84.9 Å². The highest BCUT2D eigenvalue weighted by atomic mass is 16.7. The highest BCUT2D eigenvalue weighted by molar-refractivity contribution is 6.23. The number of hydroxylamine groups is 1. The summed E-state index contributed by atoms with van der Waals surface area (Å²) < 4.78 is 0. The van der Waals surface area contributed by atoms with E-state index in [-0.39, 0.29) is 11.8 Å². The fourth-order valence-corrected chi connectivity index (χ4v) is 4.14. The lowest BCUT2D eigenvalue weighted by Gasteiger charge is -2.28. The van der Waals surface area contributed by atoms with E-state index in [0.717, 1.165) is 11.3 Å². The van der Waals surface area contributed by atoms with Crippen LogP contribution in [-0.4, -0.2) is 17.9 Å². The van der Waals surface area contributed by atoms with E-state index in [1.807, 2.05) is 48.5 Å². The molecule has 3 atom stereocenters. The summed E-state index contributed by atoms with van der Waals surface area (Å²) in [5, 5.41) is 10.8. The Kier molecular flexibility index (Phi) is 4.31. The Morgan fingerprint density at radius 1 is 0.767 bits per heavy atom. The van der Waals surface area contributed by atoms with Crippen LogP contribution in [0.25, 0.3) is 0 Å². The van der Waals surface area contributed by atoms with Crippen molar-refractivity contribution in [3.05, 3.63) is 96.1 Å². The zero-order chi connectivity index (χ0) is 20.7. The van der Waals surface area contributed by atoms with Gasteiger partial charge in [-0.3, -0.25) is 14.4 Å². The molecule has 0 radical (unpaired) electrons. The summed E-state index contributed by atoms with van der Waals surface area (Å²) >= 11 is 0. The molecule has 2 fully saturated rings. The van der Waals surface area contributed by atoms with Gasteiger partial charge in [-0.25, -0.2) is 9.96 Å². The van der Waals surface area contributed by atoms with Gasteiger partial charge < -0.3 is 0 Å². The molecular formula is C24H17N3O3. The Labute approximate surface area is 173 Å². The molecule has 3 aromatic carbocycles. The lowest BCUT2D eigenvalue weighted by molar-refractivity contribution is -0.126. The van der Waals surface area contributed by atoms with Gasteiger partial charge in [0.25, 0.3) is 5.91 Å². The van der Waals surface area contributed by atoms with Crippen molar-refractivity contribution < 1.29 is 14.4 Å². The molecule has 2 saturated heterocycles. The minimum atomic E-state index is -0.904. The highest BCUT2D eigenvalue weighted by Crippen LogP contribution is 2.47. The molecule has 0 saturated carbocycles. The van der Waals surface area contributed by atoms with Crippen molar-refractivity contribution in [2.45, 2.75) is 12.1 Å². The Balaban J connectivity index is 1.59. The Hall–Kier alpha value is -3.95. The predicted molar refractivity (Wildman–Crippen MR) is 110 cm³/mol. The fraction of sp³-hybridized carbons (Fsp3) is 0.125. The smallest absolute Gasteiger partial charge is 0.266 e. The maximum atomic E-state index is 13.4. The SMILES string of the molecule is N#Cc1ccc([C@@H]2[C@H]3C(=O)N(c4ccccc4)C(=O)[C@@H]3ON2c2ccccc2)cc1. The van der Waals surface area contributed by atoms with Gasteiger partial charge in [0.2, 0.25) is 5.91 Å². The molecule has 30 heavy (non-hydrogen) atoms. The number of rotatable bonds is 3. The van der Waals surface area contributed by atoms with Crippen molar-refractivity contribution in [1.29, 1.82) is 5.26 Å². The first-order chi connectivity index (χ1) is 14.7. The summed E-state index contributed by atoms with van der Waals surface area (Å²) in [7, 11) is 0. The van der Waals surface area contributed by atoms with Crippen LogP contribution in [0.5, 0.6) is 0 Å². The summed E-state index contributed by atoms with van der Waals surface area (Å²) in [6, 6.07) is 27.0. The van der Waals surface area contributed by atoms with E-state index in [1.165, 1.54) is 4.90 Å². The summed E-state index contributed by atoms with van der Waals surface area (Å²) in [5.41, 5.74) is 2.63. The number of para-hydroxylation sites is 2. The van der Waals surface area contributed by atoms with Crippen LogP contribution in [-0.2, 0) is 14.4 Å². The number of fused-ring (bicyclic) bond motifs is 1. The summed E-state index contributed by atoms with van der Waals surface area (Å²) in [5.74, 6) is -1.34. The van der Waals surface area contributed by atoms with E-state index in [4.69, 9.17) is 10.1 Å². The van der Waals surface area contributed by atoms with Crippen LogP contribution in [0, 0.1) is 17.2 Å². The van der Waals surface area contributed by atoms with E-state index in [9.17, 15) is 9.59 Å². The third-order valence-corrected chi connectivity index (χ3v) is 5.52. The number of carbonyl (C=O) groups excluding carboxylic acids is 2. The molecule has 2 aliphatic heterocycles. The molecule has 6 heteroatoms. The number of benzene rings is 3. The van der Waals surface area contributed by atoms with Crippen LogP contribution in [0.4, 0.5) is 11.4 Å². The van der Waals surface area contributed by atoms with Crippen molar-refractivity contribution in [2.24, 2.45) is 5.92 Å². The normalized spacial score (nSPS) is 22.8. The second kappa shape index (κ2) is 7.14. The van der Waals surface area contributed by atoms with Gasteiger partial charge in [-0.05, 0) is 42.0 Å². The molecule has 6 nitrogen and oxygen atoms in total. The molecule has 0 N–H and O–H groups in total. The van der Waals surface area contributed by atoms with Crippen molar-refractivity contribution >= 4 is 23.2 Å². The first-order valence-corrected chi connectivity index (χ1v) is 9.63. The zero-order valence-corrected chi connectivity index (χ0v) is 15.9. The zero-order valence-electron chi connectivity index (χ0n) is 15.9. The van der Waals surface area contributed by atoms with Gasteiger partial charge in [-0.1, -0.05) is 48.5 Å². The third kappa shape index (κ3) is 2.76. The average Bonchev–Trinajstić information content (AvgIpc) is 3.31. The molecule has 0 unspecified atom stereocenters. The van der Waals surface area contributed by atoms with E-state index in [2.05, 4.69) is 6.07 Å². The predicted octanol–water partition coefficient (Wildman–Crippen LogP) is 3.61. The molecule has 2 heterocycles. The maximum absolute atomic E-state index is 13.4. The first kappa shape index (κ1) is 18.1. The topological polar surface area (TPSA) is 73.6 Å². The molecule has 2 aliphatic rings. The van der Waals surface area contributed by atoms with Crippen LogP contribution in [0.2, 0.25) is 0 Å². The third-order valence-electron chi connectivity index (χ3n) is 5.52. The van der Waals surface area contributed by atoms with Crippen molar-refractivity contribution in [2.75, 3.05) is 9.96 Å². The van der Waals surface area contributed by atoms with Crippen LogP contribution < -0.4 is 9.96 Å². The molecule has 3 aromatic rings. The van der Waals surface area contributed by atoms with Gasteiger partial charge in [-0.2, -0.15) is 5.26 Å². The maximum Gasteiger partial charge on any atom is 0.266 e. The van der Waals surface area contributed by atoms with Crippen LogP contribution in [0.1, 0.15) is 17.2 Å². The van der Waals surface area contributed by atoms with Gasteiger partial charge >= 0.3 is 0 Å². The first-order valence-electron chi connectivity index (χ1n) is 9.63. The lowest BCUT2D eigenvalue weighted by atomic mass is 9.90. The van der Waals surface area contributed by atoms with Gasteiger partial charge in [0, 0.05) is 0 Å². The molecule has 0 bridgehead atoms. The summed E-state index contributed by atoms with van der Waals surface area (Å²) in [6.07, 6.45) is -0.904. The number of anilines is 2. The Bertz CT molecular complexity index is 1140. The average molecular weight is 395 g/mol. The molecule has 0 aromatic heterocycles. The van der Waals surface area contributed by atoms with E-state index >= 15 is 0 Å². The quantitative estimate of drug-likeness (QED) is 0.634. The minimum absolute atomic E-state index is 0.288. The Morgan fingerprint density at radius 3 is 1.97 bits per heavy atom. The van der Waals surface area contributed by atoms with Gasteiger partial charge in [0.15, 0.2) is 6.10 Å². The fourth-order valence-electron chi connectivity index (χ4n) is 4.14. The van der Waals surface area contributed by atoms with Gasteiger partial charge in [-0.15, -0.1) is 0 Å². The molecule has 0 spiro atoms. The number of nitrogens with zero attached hydrogens (tertiary/aromatic N) is 3. The largest absolute Gasteiger partial charge is 0.273 e. The number of nitriles is 1. The van der Waals surface area contributed by atoms with Crippen molar-refractivity contribution in [3.63, 3.8) is 0 Å². The minimum Gasteiger partial charge on any atom is -0.273 e. The van der Waals surface area contributed by atoms with Crippen molar-refractivity contribution in [1.82, 2.24) is 0 Å². The number of hydrogen-bond acceptors (Lipinski definition) is 5. The molecule has 0 aliphatic carbocycles. The van der Waals surface area contributed by atoms with Crippen LogP contribution in [0.3, 0.4) is 0 Å². The molecular weight excluding hydrogens is 378 g/mol. The van der Waals surface area contributed by atoms with Gasteiger partial charge in [0.1, 0.15) is 5.92 Å². The number of hydrogen-bond donors (Lipinski definition) is 0. The number of imide groups is 1. The summed E-state index contributed by atoms with van der Waals surface area (Å²) in [6.45, 7) is 0. The summed E-state index contributed by atoms with van der Waals surface area (Å²) in [4.78, 5) is 33.9. The monoisotopic (exact) mass is 395 g/mol. The van der Waals surface area contributed by atoms with E-state index in [1.54, 1.807) is 41.5 Å². The number of carbonyl (C=O) groups is 2.